The van der Waals surface area contributed by atoms with E-state index in [0.717, 1.165) is 16.9 Å². The minimum absolute atomic E-state index is 0.0180. The molecule has 19 heavy (non-hydrogen) atoms. The van der Waals surface area contributed by atoms with Gasteiger partial charge in [-0.15, -0.1) is 0 Å². The number of nitrogens with one attached hydrogen (secondary N) is 2. The molecule has 0 aromatic heterocycles. The van der Waals surface area contributed by atoms with Gasteiger partial charge in [0.25, 0.3) is 0 Å². The SMILES string of the molecule is CC(=O)Nc1cccc(NC(=O)CC(C)(C)C)c1C. The van der Waals surface area contributed by atoms with Crippen LogP contribution in [0.15, 0.2) is 18.2 Å². The van der Waals surface area contributed by atoms with Crippen LogP contribution < -0.4 is 10.6 Å². The largest absolute Gasteiger partial charge is 0.326 e. The van der Waals surface area contributed by atoms with Gasteiger partial charge in [0.1, 0.15) is 0 Å². The van der Waals surface area contributed by atoms with Crippen molar-refractivity contribution in [2.24, 2.45) is 5.41 Å². The highest BCUT2D eigenvalue weighted by Crippen LogP contribution is 2.25. The van der Waals surface area contributed by atoms with E-state index in [4.69, 9.17) is 0 Å². The van der Waals surface area contributed by atoms with Crippen molar-refractivity contribution in [2.75, 3.05) is 10.6 Å². The Labute approximate surface area is 114 Å². The van der Waals surface area contributed by atoms with Crippen LogP contribution in [0.5, 0.6) is 0 Å². The van der Waals surface area contributed by atoms with Crippen LogP contribution in [0, 0.1) is 12.3 Å². The van der Waals surface area contributed by atoms with Gasteiger partial charge in [-0.1, -0.05) is 26.8 Å². The van der Waals surface area contributed by atoms with E-state index in [1.165, 1.54) is 6.92 Å². The van der Waals surface area contributed by atoms with Gasteiger partial charge in [0.15, 0.2) is 0 Å². The topological polar surface area (TPSA) is 58.2 Å². The average Bonchev–Trinajstić information content (AvgIpc) is 2.20. The first-order valence-electron chi connectivity index (χ1n) is 6.36. The summed E-state index contributed by atoms with van der Waals surface area (Å²) < 4.78 is 0. The number of anilines is 2. The highest BCUT2D eigenvalue weighted by molar-refractivity contribution is 5.95. The van der Waals surface area contributed by atoms with Gasteiger partial charge in [-0.2, -0.15) is 0 Å². The van der Waals surface area contributed by atoms with E-state index in [-0.39, 0.29) is 17.2 Å². The van der Waals surface area contributed by atoms with E-state index in [1.807, 2.05) is 45.9 Å². The Morgan fingerprint density at radius 3 is 2.11 bits per heavy atom. The van der Waals surface area contributed by atoms with Crippen molar-refractivity contribution in [1.29, 1.82) is 0 Å². The summed E-state index contributed by atoms with van der Waals surface area (Å²) in [5.41, 5.74) is 2.27. The van der Waals surface area contributed by atoms with E-state index >= 15 is 0 Å². The molecule has 4 nitrogen and oxygen atoms in total. The Hall–Kier alpha value is -1.84. The molecule has 0 saturated heterocycles. The summed E-state index contributed by atoms with van der Waals surface area (Å²) in [5, 5.41) is 5.63. The summed E-state index contributed by atoms with van der Waals surface area (Å²) in [6, 6.07) is 5.46. The minimum Gasteiger partial charge on any atom is -0.326 e. The van der Waals surface area contributed by atoms with Gasteiger partial charge in [-0.05, 0) is 30.0 Å². The zero-order chi connectivity index (χ0) is 14.6. The normalized spacial score (nSPS) is 11.0. The van der Waals surface area contributed by atoms with Crippen LogP contribution >= 0.6 is 0 Å². The first kappa shape index (κ1) is 15.2. The standard InChI is InChI=1S/C15H22N2O2/c1-10-12(16-11(2)18)7-6-8-13(10)17-14(19)9-15(3,4)5/h6-8H,9H2,1-5H3,(H,16,18)(H,17,19). The molecule has 0 atom stereocenters. The smallest absolute Gasteiger partial charge is 0.224 e. The van der Waals surface area contributed by atoms with Gasteiger partial charge < -0.3 is 10.6 Å². The van der Waals surface area contributed by atoms with E-state index in [2.05, 4.69) is 10.6 Å². The van der Waals surface area contributed by atoms with Crippen LogP contribution in [-0.4, -0.2) is 11.8 Å². The maximum absolute atomic E-state index is 11.9. The van der Waals surface area contributed by atoms with Crippen LogP contribution in [0.1, 0.15) is 39.7 Å². The Morgan fingerprint density at radius 1 is 1.11 bits per heavy atom. The van der Waals surface area contributed by atoms with Gasteiger partial charge in [0.05, 0.1) is 0 Å². The molecule has 1 rings (SSSR count). The molecule has 0 bridgehead atoms. The van der Waals surface area contributed by atoms with E-state index in [1.54, 1.807) is 0 Å². The number of benzene rings is 1. The predicted octanol–water partition coefficient (Wildman–Crippen LogP) is 3.33. The Kier molecular flexibility index (Phi) is 4.70. The number of hydrogen-bond acceptors (Lipinski definition) is 2. The molecule has 0 fully saturated rings. The molecule has 0 heterocycles. The number of carbonyl (C=O) groups is 2. The molecule has 0 radical (unpaired) electrons. The second kappa shape index (κ2) is 5.87. The van der Waals surface area contributed by atoms with Crippen molar-refractivity contribution in [2.45, 2.75) is 41.0 Å². The molecular weight excluding hydrogens is 240 g/mol. The van der Waals surface area contributed by atoms with Gasteiger partial charge in [0.2, 0.25) is 11.8 Å². The van der Waals surface area contributed by atoms with E-state index in [0.29, 0.717) is 6.42 Å². The number of carbonyl (C=O) groups excluding carboxylic acids is 2. The van der Waals surface area contributed by atoms with Crippen LogP contribution in [0.4, 0.5) is 11.4 Å². The van der Waals surface area contributed by atoms with Gasteiger partial charge in [-0.3, -0.25) is 9.59 Å². The van der Waals surface area contributed by atoms with Crippen molar-refractivity contribution in [3.8, 4) is 0 Å². The van der Waals surface area contributed by atoms with E-state index in [9.17, 15) is 9.59 Å². The third kappa shape index (κ3) is 5.12. The lowest BCUT2D eigenvalue weighted by atomic mass is 9.92. The summed E-state index contributed by atoms with van der Waals surface area (Å²) in [6.45, 7) is 9.40. The summed E-state index contributed by atoms with van der Waals surface area (Å²) in [6.07, 6.45) is 0.455. The number of rotatable bonds is 3. The summed E-state index contributed by atoms with van der Waals surface area (Å²) in [5.74, 6) is -0.142. The Bertz CT molecular complexity index is 487. The van der Waals surface area contributed by atoms with Gasteiger partial charge in [0, 0.05) is 24.7 Å². The lowest BCUT2D eigenvalue weighted by Gasteiger charge is -2.18. The molecule has 0 aliphatic carbocycles. The summed E-state index contributed by atoms with van der Waals surface area (Å²) >= 11 is 0. The molecule has 0 unspecified atom stereocenters. The fourth-order valence-electron chi connectivity index (χ4n) is 1.77. The second-order valence-corrected chi connectivity index (χ2v) is 5.94. The van der Waals surface area contributed by atoms with Crippen molar-refractivity contribution >= 4 is 23.2 Å². The molecule has 2 N–H and O–H groups in total. The molecule has 0 aliphatic rings. The molecule has 0 saturated carbocycles. The monoisotopic (exact) mass is 262 g/mol. The maximum atomic E-state index is 11.9. The quantitative estimate of drug-likeness (QED) is 0.877. The fraction of sp³-hybridized carbons (Fsp3) is 0.467. The lowest BCUT2D eigenvalue weighted by molar-refractivity contribution is -0.118. The highest BCUT2D eigenvalue weighted by atomic mass is 16.2. The molecule has 0 spiro atoms. The Morgan fingerprint density at radius 2 is 1.63 bits per heavy atom. The molecular formula is C15H22N2O2. The van der Waals surface area contributed by atoms with Crippen molar-refractivity contribution < 1.29 is 9.59 Å². The van der Waals surface area contributed by atoms with Gasteiger partial charge in [-0.25, -0.2) is 0 Å². The fourth-order valence-corrected chi connectivity index (χ4v) is 1.77. The van der Waals surface area contributed by atoms with Gasteiger partial charge >= 0.3 is 0 Å². The molecule has 1 aromatic carbocycles. The van der Waals surface area contributed by atoms with Crippen molar-refractivity contribution in [1.82, 2.24) is 0 Å². The highest BCUT2D eigenvalue weighted by Gasteiger charge is 2.16. The predicted molar refractivity (Wildman–Crippen MR) is 78.2 cm³/mol. The third-order valence-corrected chi connectivity index (χ3v) is 2.61. The third-order valence-electron chi connectivity index (χ3n) is 2.61. The van der Waals surface area contributed by atoms with Crippen LogP contribution in [0.2, 0.25) is 0 Å². The summed E-state index contributed by atoms with van der Waals surface area (Å²) in [4.78, 5) is 23.0. The first-order chi connectivity index (χ1) is 8.69. The lowest BCUT2D eigenvalue weighted by Crippen LogP contribution is -2.20. The zero-order valence-corrected chi connectivity index (χ0v) is 12.3. The molecule has 0 aliphatic heterocycles. The molecule has 2 amide bonds. The van der Waals surface area contributed by atoms with Crippen molar-refractivity contribution in [3.05, 3.63) is 23.8 Å². The van der Waals surface area contributed by atoms with Crippen LogP contribution in [-0.2, 0) is 9.59 Å². The number of hydrogen-bond donors (Lipinski definition) is 2. The molecule has 4 heteroatoms. The molecule has 1 aromatic rings. The van der Waals surface area contributed by atoms with Crippen molar-refractivity contribution in [3.63, 3.8) is 0 Å². The average molecular weight is 262 g/mol. The number of amides is 2. The maximum Gasteiger partial charge on any atom is 0.224 e. The van der Waals surface area contributed by atoms with E-state index < -0.39 is 0 Å². The van der Waals surface area contributed by atoms with Crippen LogP contribution in [0.3, 0.4) is 0 Å². The first-order valence-corrected chi connectivity index (χ1v) is 6.36. The summed E-state index contributed by atoms with van der Waals surface area (Å²) in [7, 11) is 0. The second-order valence-electron chi connectivity index (χ2n) is 5.94. The minimum atomic E-state index is -0.124. The molecule has 104 valence electrons. The zero-order valence-electron chi connectivity index (χ0n) is 12.3. The Balaban J connectivity index is 2.85. The van der Waals surface area contributed by atoms with Crippen LogP contribution in [0.25, 0.3) is 0 Å².